The quantitative estimate of drug-likeness (QED) is 0.818. The first kappa shape index (κ1) is 10.9. The number of halogens is 1. The van der Waals surface area contributed by atoms with Crippen LogP contribution in [0.25, 0.3) is 0 Å². The minimum absolute atomic E-state index is 0.847. The molecule has 1 aliphatic heterocycles. The molecule has 3 heteroatoms. The van der Waals surface area contributed by atoms with Crippen molar-refractivity contribution in [2.45, 2.75) is 26.7 Å². The molecule has 2 rings (SSSR count). The van der Waals surface area contributed by atoms with Gasteiger partial charge in [-0.15, -0.1) is 0 Å². The van der Waals surface area contributed by atoms with Gasteiger partial charge in [-0.1, -0.05) is 13.3 Å². The first-order valence-corrected chi connectivity index (χ1v) is 6.37. The second kappa shape index (κ2) is 4.52. The van der Waals surface area contributed by atoms with E-state index in [4.69, 9.17) is 0 Å². The molecule has 0 radical (unpaired) electrons. The Bertz CT molecular complexity index is 351. The molecule has 1 aromatic rings. The molecular formula is C12H17BrN2. The van der Waals surface area contributed by atoms with Gasteiger partial charge in [0.05, 0.1) is 4.47 Å². The molecule has 1 atom stereocenters. The van der Waals surface area contributed by atoms with E-state index in [0.717, 1.165) is 29.3 Å². The first-order chi connectivity index (χ1) is 7.20. The van der Waals surface area contributed by atoms with Crippen LogP contribution in [0.3, 0.4) is 0 Å². The van der Waals surface area contributed by atoms with E-state index in [1.165, 1.54) is 18.4 Å². The standard InChI is InChI=1S/C12H17BrN2/c1-3-10-4-5-15(8-10)12-11(13)6-9(2)7-14-12/h6-7,10H,3-5,8H2,1-2H3. The molecule has 1 fully saturated rings. The van der Waals surface area contributed by atoms with E-state index in [1.54, 1.807) is 0 Å². The summed E-state index contributed by atoms with van der Waals surface area (Å²) in [6.45, 7) is 6.64. The van der Waals surface area contributed by atoms with Gasteiger partial charge in [0.2, 0.25) is 0 Å². The molecule has 0 spiro atoms. The van der Waals surface area contributed by atoms with Gasteiger partial charge in [-0.3, -0.25) is 0 Å². The highest BCUT2D eigenvalue weighted by Crippen LogP contribution is 2.29. The van der Waals surface area contributed by atoms with Gasteiger partial charge < -0.3 is 4.90 Å². The summed E-state index contributed by atoms with van der Waals surface area (Å²) in [5, 5.41) is 0. The lowest BCUT2D eigenvalue weighted by atomic mass is 10.1. The van der Waals surface area contributed by atoms with Crippen LogP contribution in [-0.4, -0.2) is 18.1 Å². The highest BCUT2D eigenvalue weighted by Gasteiger charge is 2.23. The molecule has 2 nitrogen and oxygen atoms in total. The first-order valence-electron chi connectivity index (χ1n) is 5.57. The summed E-state index contributed by atoms with van der Waals surface area (Å²) in [6.07, 6.45) is 4.53. The third kappa shape index (κ3) is 2.33. The molecular weight excluding hydrogens is 252 g/mol. The average Bonchev–Trinajstić information content (AvgIpc) is 2.66. The number of hydrogen-bond donors (Lipinski definition) is 0. The van der Waals surface area contributed by atoms with Crippen LogP contribution < -0.4 is 4.90 Å². The van der Waals surface area contributed by atoms with E-state index in [9.17, 15) is 0 Å². The highest BCUT2D eigenvalue weighted by atomic mass is 79.9. The molecule has 82 valence electrons. The van der Waals surface area contributed by atoms with Gasteiger partial charge in [0, 0.05) is 19.3 Å². The molecule has 0 amide bonds. The minimum atomic E-state index is 0.847. The second-order valence-electron chi connectivity index (χ2n) is 4.33. The van der Waals surface area contributed by atoms with Crippen molar-refractivity contribution in [3.63, 3.8) is 0 Å². The van der Waals surface area contributed by atoms with E-state index in [1.807, 2.05) is 6.20 Å². The van der Waals surface area contributed by atoms with Crippen LogP contribution in [0.2, 0.25) is 0 Å². The Kier molecular flexibility index (Phi) is 3.29. The zero-order valence-electron chi connectivity index (χ0n) is 9.33. The highest BCUT2D eigenvalue weighted by molar-refractivity contribution is 9.10. The summed E-state index contributed by atoms with van der Waals surface area (Å²) in [5.74, 6) is 1.96. The predicted molar refractivity (Wildman–Crippen MR) is 67.3 cm³/mol. The van der Waals surface area contributed by atoms with Crippen molar-refractivity contribution in [1.29, 1.82) is 0 Å². The van der Waals surface area contributed by atoms with Crippen LogP contribution in [0.4, 0.5) is 5.82 Å². The fraction of sp³-hybridized carbons (Fsp3) is 0.583. The normalized spacial score (nSPS) is 21.0. The average molecular weight is 269 g/mol. The van der Waals surface area contributed by atoms with Crippen LogP contribution in [0.1, 0.15) is 25.3 Å². The van der Waals surface area contributed by atoms with Gasteiger partial charge in [-0.25, -0.2) is 4.98 Å². The summed E-state index contributed by atoms with van der Waals surface area (Å²) in [7, 11) is 0. The van der Waals surface area contributed by atoms with Crippen LogP contribution >= 0.6 is 15.9 Å². The predicted octanol–water partition coefficient (Wildman–Crippen LogP) is 3.39. The van der Waals surface area contributed by atoms with Gasteiger partial charge >= 0.3 is 0 Å². The number of anilines is 1. The van der Waals surface area contributed by atoms with E-state index < -0.39 is 0 Å². The molecule has 2 heterocycles. The molecule has 1 aromatic heterocycles. The van der Waals surface area contributed by atoms with Crippen LogP contribution in [0.5, 0.6) is 0 Å². The molecule has 0 bridgehead atoms. The zero-order chi connectivity index (χ0) is 10.8. The van der Waals surface area contributed by atoms with Gasteiger partial charge in [0.25, 0.3) is 0 Å². The Labute approximate surface area is 99.8 Å². The topological polar surface area (TPSA) is 16.1 Å². The van der Waals surface area contributed by atoms with Crippen molar-refractivity contribution in [3.8, 4) is 0 Å². The fourth-order valence-corrected chi connectivity index (χ4v) is 2.83. The second-order valence-corrected chi connectivity index (χ2v) is 5.18. The van der Waals surface area contributed by atoms with Crippen LogP contribution in [0.15, 0.2) is 16.7 Å². The molecule has 0 aromatic carbocycles. The Hall–Kier alpha value is -0.570. The SMILES string of the molecule is CCC1CCN(c2ncc(C)cc2Br)C1. The van der Waals surface area contributed by atoms with Crippen molar-refractivity contribution < 1.29 is 0 Å². The Morgan fingerprint density at radius 1 is 1.60 bits per heavy atom. The van der Waals surface area contributed by atoms with Crippen LogP contribution in [-0.2, 0) is 0 Å². The molecule has 0 aliphatic carbocycles. The molecule has 15 heavy (non-hydrogen) atoms. The number of rotatable bonds is 2. The van der Waals surface area contributed by atoms with Crippen molar-refractivity contribution >= 4 is 21.7 Å². The number of pyridine rings is 1. The zero-order valence-corrected chi connectivity index (χ0v) is 10.9. The summed E-state index contributed by atoms with van der Waals surface area (Å²) in [5.41, 5.74) is 1.21. The fourth-order valence-electron chi connectivity index (χ4n) is 2.12. The van der Waals surface area contributed by atoms with E-state index in [-0.39, 0.29) is 0 Å². The Morgan fingerprint density at radius 3 is 3.00 bits per heavy atom. The largest absolute Gasteiger partial charge is 0.355 e. The maximum atomic E-state index is 4.51. The molecule has 1 saturated heterocycles. The summed E-state index contributed by atoms with van der Waals surface area (Å²) >= 11 is 3.59. The van der Waals surface area contributed by atoms with Crippen molar-refractivity contribution in [2.75, 3.05) is 18.0 Å². The lowest BCUT2D eigenvalue weighted by Crippen LogP contribution is -2.21. The summed E-state index contributed by atoms with van der Waals surface area (Å²) in [6, 6.07) is 2.14. The van der Waals surface area contributed by atoms with Gasteiger partial charge in [0.1, 0.15) is 5.82 Å². The third-order valence-corrected chi connectivity index (χ3v) is 3.70. The van der Waals surface area contributed by atoms with Crippen LogP contribution in [0, 0.1) is 12.8 Å². The smallest absolute Gasteiger partial charge is 0.142 e. The number of nitrogens with zero attached hydrogens (tertiary/aromatic N) is 2. The molecule has 1 unspecified atom stereocenters. The molecule has 0 N–H and O–H groups in total. The van der Waals surface area contributed by atoms with Crippen molar-refractivity contribution in [2.24, 2.45) is 5.92 Å². The van der Waals surface area contributed by atoms with E-state index >= 15 is 0 Å². The Balaban J connectivity index is 2.17. The van der Waals surface area contributed by atoms with Crippen molar-refractivity contribution in [3.05, 3.63) is 22.3 Å². The number of aryl methyl sites for hydroxylation is 1. The van der Waals surface area contributed by atoms with E-state index in [0.29, 0.717) is 0 Å². The van der Waals surface area contributed by atoms with Gasteiger partial charge in [-0.05, 0) is 46.8 Å². The molecule has 1 aliphatic rings. The number of aromatic nitrogens is 1. The monoisotopic (exact) mass is 268 g/mol. The van der Waals surface area contributed by atoms with Crippen molar-refractivity contribution in [1.82, 2.24) is 4.98 Å². The maximum absolute atomic E-state index is 4.51. The minimum Gasteiger partial charge on any atom is -0.355 e. The van der Waals surface area contributed by atoms with E-state index in [2.05, 4.69) is 45.7 Å². The number of hydrogen-bond acceptors (Lipinski definition) is 2. The Morgan fingerprint density at radius 2 is 2.40 bits per heavy atom. The molecule has 0 saturated carbocycles. The van der Waals surface area contributed by atoms with Gasteiger partial charge in [-0.2, -0.15) is 0 Å². The lowest BCUT2D eigenvalue weighted by molar-refractivity contribution is 0.568. The lowest BCUT2D eigenvalue weighted by Gasteiger charge is -2.18. The summed E-state index contributed by atoms with van der Waals surface area (Å²) in [4.78, 5) is 6.89. The third-order valence-electron chi connectivity index (χ3n) is 3.12. The maximum Gasteiger partial charge on any atom is 0.142 e. The summed E-state index contributed by atoms with van der Waals surface area (Å²) < 4.78 is 1.12. The van der Waals surface area contributed by atoms with Gasteiger partial charge in [0.15, 0.2) is 0 Å².